The first-order valence-corrected chi connectivity index (χ1v) is 15.1. The highest BCUT2D eigenvalue weighted by molar-refractivity contribution is 7.91. The molecule has 1 aromatic heterocycles. The number of nitrogens with zero attached hydrogens (tertiary/aromatic N) is 1. The van der Waals surface area contributed by atoms with E-state index in [9.17, 15) is 40.3 Å². The second kappa shape index (κ2) is 11.8. The number of alkyl halides is 4. The van der Waals surface area contributed by atoms with Crippen LogP contribution in [0.15, 0.2) is 77.9 Å². The van der Waals surface area contributed by atoms with Gasteiger partial charge in [-0.1, -0.05) is 18.2 Å². The number of aliphatic hydroxyl groups is 1. The minimum atomic E-state index is -4.79. The number of fused-ring (bicyclic) bond motifs is 1. The van der Waals surface area contributed by atoms with E-state index in [-0.39, 0.29) is 46.4 Å². The van der Waals surface area contributed by atoms with E-state index < -0.39 is 40.0 Å². The molecule has 43 heavy (non-hydrogen) atoms. The average molecular weight is 619 g/mol. The minimum absolute atomic E-state index is 0.0166. The summed E-state index contributed by atoms with van der Waals surface area (Å²) in [6, 6.07) is 14.2. The molecule has 0 aliphatic heterocycles. The van der Waals surface area contributed by atoms with Gasteiger partial charge in [-0.15, -0.1) is 0 Å². The first kappa shape index (κ1) is 30.3. The summed E-state index contributed by atoms with van der Waals surface area (Å²) in [7, 11) is -3.44. The molecule has 0 spiro atoms. The summed E-state index contributed by atoms with van der Waals surface area (Å²) in [5.41, 5.74) is 0.0506. The summed E-state index contributed by atoms with van der Waals surface area (Å²) in [5.74, 6) is -1.39. The van der Waals surface area contributed by atoms with Gasteiger partial charge in [-0.25, -0.2) is 17.2 Å². The van der Waals surface area contributed by atoms with Crippen molar-refractivity contribution in [3.8, 4) is 0 Å². The number of sulfone groups is 1. The standard InChI is InChI=1S/C31H27F5N2O4S/c32-11-12-38-25(14-21-3-7-24(33)16-27(21)31(34,35)36)15-23-13-22(6-10-29(23)38)30(40)37-28(17-39)20-4-8-26(9-5-20)43(41,42)18-19-1-2-19/h3-10,13,15-17,19,39H,1-2,11-12,14,18H2,(H,37,40)/b28-17+. The van der Waals surface area contributed by atoms with Crippen molar-refractivity contribution >= 4 is 32.3 Å². The summed E-state index contributed by atoms with van der Waals surface area (Å²) in [5, 5.41) is 12.8. The molecule has 2 N–H and O–H groups in total. The molecular formula is C31H27F5N2O4S. The van der Waals surface area contributed by atoms with Gasteiger partial charge in [0.05, 0.1) is 28.5 Å². The maximum absolute atomic E-state index is 13.6. The number of benzene rings is 3. The van der Waals surface area contributed by atoms with Crippen LogP contribution in [-0.2, 0) is 29.0 Å². The zero-order valence-corrected chi connectivity index (χ0v) is 23.5. The summed E-state index contributed by atoms with van der Waals surface area (Å²) < 4.78 is 94.3. The molecule has 4 aromatic rings. The Morgan fingerprint density at radius 1 is 1.00 bits per heavy atom. The topological polar surface area (TPSA) is 88.4 Å². The van der Waals surface area contributed by atoms with Crippen LogP contribution in [-0.4, -0.2) is 36.4 Å². The van der Waals surface area contributed by atoms with Crippen LogP contribution in [0.5, 0.6) is 0 Å². The average Bonchev–Trinajstić information content (AvgIpc) is 3.71. The summed E-state index contributed by atoms with van der Waals surface area (Å²) in [6.45, 7) is -0.934. The SMILES string of the molecule is O=C(N/C(=C/O)c1ccc(S(=O)(=O)CC2CC2)cc1)c1ccc2c(c1)cc(Cc1ccc(F)cc1C(F)(F)F)n2CCF. The molecule has 0 atom stereocenters. The van der Waals surface area contributed by atoms with Crippen LogP contribution in [0.4, 0.5) is 22.0 Å². The summed E-state index contributed by atoms with van der Waals surface area (Å²) in [4.78, 5) is 13.2. The Balaban J connectivity index is 1.39. The second-order valence-electron chi connectivity index (χ2n) is 10.5. The lowest BCUT2D eigenvalue weighted by Crippen LogP contribution is -2.22. The number of hydrogen-bond acceptors (Lipinski definition) is 4. The van der Waals surface area contributed by atoms with Gasteiger partial charge >= 0.3 is 6.18 Å². The number of rotatable bonds is 10. The van der Waals surface area contributed by atoms with Crippen LogP contribution in [0.1, 0.15) is 45.6 Å². The zero-order chi connectivity index (χ0) is 30.9. The van der Waals surface area contributed by atoms with Gasteiger partial charge in [0.25, 0.3) is 5.91 Å². The van der Waals surface area contributed by atoms with Crippen LogP contribution in [0.25, 0.3) is 16.6 Å². The van der Waals surface area contributed by atoms with Gasteiger partial charge in [0.1, 0.15) is 18.8 Å². The van der Waals surface area contributed by atoms with E-state index in [1.807, 2.05) is 0 Å². The van der Waals surface area contributed by atoms with Gasteiger partial charge < -0.3 is 15.0 Å². The summed E-state index contributed by atoms with van der Waals surface area (Å²) >= 11 is 0. The van der Waals surface area contributed by atoms with Gasteiger partial charge in [0.15, 0.2) is 9.84 Å². The Bertz CT molecular complexity index is 1810. The molecule has 6 nitrogen and oxygen atoms in total. The normalized spacial score (nSPS) is 14.3. The quantitative estimate of drug-likeness (QED) is 0.151. The Morgan fingerprint density at radius 3 is 2.33 bits per heavy atom. The number of aryl methyl sites for hydroxylation is 1. The van der Waals surface area contributed by atoms with E-state index in [2.05, 4.69) is 5.32 Å². The van der Waals surface area contributed by atoms with Crippen molar-refractivity contribution in [3.63, 3.8) is 0 Å². The third kappa shape index (κ3) is 6.74. The first-order valence-electron chi connectivity index (χ1n) is 13.4. The molecule has 5 rings (SSSR count). The molecular weight excluding hydrogens is 591 g/mol. The van der Waals surface area contributed by atoms with E-state index in [1.54, 1.807) is 12.1 Å². The third-order valence-corrected chi connectivity index (χ3v) is 9.26. The number of carbonyl (C=O) groups is 1. The molecule has 1 saturated carbocycles. The fourth-order valence-electron chi connectivity index (χ4n) is 5.03. The van der Waals surface area contributed by atoms with Crippen LogP contribution in [0.2, 0.25) is 0 Å². The third-order valence-electron chi connectivity index (χ3n) is 7.36. The van der Waals surface area contributed by atoms with Gasteiger partial charge in [0, 0.05) is 34.1 Å². The van der Waals surface area contributed by atoms with Gasteiger partial charge in [0.2, 0.25) is 0 Å². The fourth-order valence-corrected chi connectivity index (χ4v) is 6.73. The molecule has 226 valence electrons. The van der Waals surface area contributed by atoms with Crippen molar-refractivity contribution < 1.29 is 40.3 Å². The highest BCUT2D eigenvalue weighted by Gasteiger charge is 2.34. The van der Waals surface area contributed by atoms with Crippen molar-refractivity contribution in [1.29, 1.82) is 0 Å². The first-order chi connectivity index (χ1) is 20.4. The smallest absolute Gasteiger partial charge is 0.416 e. The van der Waals surface area contributed by atoms with Crippen molar-refractivity contribution in [2.45, 2.75) is 36.9 Å². The van der Waals surface area contributed by atoms with Crippen LogP contribution < -0.4 is 5.32 Å². The lowest BCUT2D eigenvalue weighted by molar-refractivity contribution is -0.138. The van der Waals surface area contributed by atoms with Crippen LogP contribution in [0, 0.1) is 11.7 Å². The largest absolute Gasteiger partial charge is 0.513 e. The molecule has 0 bridgehead atoms. The molecule has 0 saturated heterocycles. The van der Waals surface area contributed by atoms with Gasteiger partial charge in [-0.3, -0.25) is 4.79 Å². The number of aromatic nitrogens is 1. The van der Waals surface area contributed by atoms with Crippen LogP contribution in [0.3, 0.4) is 0 Å². The minimum Gasteiger partial charge on any atom is -0.513 e. The Hall–Kier alpha value is -4.19. The Labute approximate surface area is 244 Å². The predicted octanol–water partition coefficient (Wildman–Crippen LogP) is 6.83. The summed E-state index contributed by atoms with van der Waals surface area (Å²) in [6.07, 6.45) is -2.58. The molecule has 1 aliphatic rings. The Kier molecular flexibility index (Phi) is 8.33. The van der Waals surface area contributed by atoms with E-state index in [1.165, 1.54) is 41.0 Å². The van der Waals surface area contributed by atoms with Crippen molar-refractivity contribution in [3.05, 3.63) is 107 Å². The molecule has 3 aromatic carbocycles. The Morgan fingerprint density at radius 2 is 1.70 bits per heavy atom. The number of nitrogens with one attached hydrogen (secondary N) is 1. The highest BCUT2D eigenvalue weighted by Crippen LogP contribution is 2.35. The molecule has 0 unspecified atom stereocenters. The number of hydrogen-bond donors (Lipinski definition) is 2. The fraction of sp³-hybridized carbons (Fsp3) is 0.258. The number of halogens is 5. The predicted molar refractivity (Wildman–Crippen MR) is 151 cm³/mol. The monoisotopic (exact) mass is 618 g/mol. The maximum Gasteiger partial charge on any atom is 0.416 e. The zero-order valence-electron chi connectivity index (χ0n) is 22.7. The molecule has 1 heterocycles. The highest BCUT2D eigenvalue weighted by atomic mass is 32.2. The van der Waals surface area contributed by atoms with Crippen molar-refractivity contribution in [1.82, 2.24) is 9.88 Å². The second-order valence-corrected chi connectivity index (χ2v) is 12.5. The number of aliphatic hydroxyl groups excluding tert-OH is 1. The molecule has 1 aliphatic carbocycles. The lowest BCUT2D eigenvalue weighted by Gasteiger charge is -2.14. The lowest BCUT2D eigenvalue weighted by atomic mass is 10.0. The van der Waals surface area contributed by atoms with E-state index in [0.717, 1.165) is 25.0 Å². The molecule has 1 amide bonds. The number of amides is 1. The molecule has 12 heteroatoms. The van der Waals surface area contributed by atoms with Crippen molar-refractivity contribution in [2.24, 2.45) is 5.92 Å². The molecule has 0 radical (unpaired) electrons. The van der Waals surface area contributed by atoms with Crippen LogP contribution >= 0.6 is 0 Å². The number of carbonyl (C=O) groups excluding carboxylic acids is 1. The van der Waals surface area contributed by atoms with Crippen molar-refractivity contribution in [2.75, 3.05) is 12.4 Å². The van der Waals surface area contributed by atoms with Gasteiger partial charge in [-0.2, -0.15) is 13.2 Å². The van der Waals surface area contributed by atoms with E-state index in [0.29, 0.717) is 34.5 Å². The van der Waals surface area contributed by atoms with Gasteiger partial charge in [-0.05, 0) is 72.9 Å². The maximum atomic E-state index is 13.6. The molecule has 1 fully saturated rings. The van der Waals surface area contributed by atoms with E-state index >= 15 is 0 Å². The van der Waals surface area contributed by atoms with E-state index in [4.69, 9.17) is 0 Å².